The Kier molecular flexibility index (Phi) is 3.62. The Morgan fingerprint density at radius 2 is 2.16 bits per heavy atom. The second-order valence-corrected chi connectivity index (χ2v) is 6.67. The standard InChI is InChI=1S/C13H19N3O2S/c1-8(2)10-11(17)15-13(3,4)12(18)16(10)6-9-5-14-7-19-9/h5,7-8,10H,6H2,1-4H3,(H,15,17). The monoisotopic (exact) mass is 281 g/mol. The summed E-state index contributed by atoms with van der Waals surface area (Å²) in [4.78, 5) is 31.4. The third-order valence-corrected chi connectivity index (χ3v) is 4.04. The molecule has 0 aliphatic carbocycles. The van der Waals surface area contributed by atoms with Crippen LogP contribution in [0, 0.1) is 5.92 Å². The van der Waals surface area contributed by atoms with Crippen molar-refractivity contribution in [1.82, 2.24) is 15.2 Å². The van der Waals surface area contributed by atoms with Crippen LogP contribution in [-0.4, -0.2) is 33.3 Å². The Morgan fingerprint density at radius 3 is 2.68 bits per heavy atom. The molecule has 1 fully saturated rings. The lowest BCUT2D eigenvalue weighted by Gasteiger charge is -2.44. The number of nitrogens with zero attached hydrogens (tertiary/aromatic N) is 2. The molecular formula is C13H19N3O2S. The van der Waals surface area contributed by atoms with Crippen molar-refractivity contribution in [3.8, 4) is 0 Å². The third kappa shape index (κ3) is 2.63. The molecule has 1 unspecified atom stereocenters. The molecule has 1 aliphatic heterocycles. The van der Waals surface area contributed by atoms with Crippen LogP contribution in [0.25, 0.3) is 0 Å². The first-order valence-corrected chi connectivity index (χ1v) is 7.21. The van der Waals surface area contributed by atoms with Gasteiger partial charge in [0.2, 0.25) is 11.8 Å². The quantitative estimate of drug-likeness (QED) is 0.911. The first-order valence-electron chi connectivity index (χ1n) is 6.33. The number of hydrogen-bond donors (Lipinski definition) is 1. The van der Waals surface area contributed by atoms with Gasteiger partial charge in [-0.1, -0.05) is 13.8 Å². The van der Waals surface area contributed by atoms with Crippen LogP contribution in [0.1, 0.15) is 32.6 Å². The number of thiazole rings is 1. The highest BCUT2D eigenvalue weighted by Gasteiger charge is 2.46. The average molecular weight is 281 g/mol. The number of nitrogens with one attached hydrogen (secondary N) is 1. The van der Waals surface area contributed by atoms with E-state index in [-0.39, 0.29) is 17.7 Å². The average Bonchev–Trinajstić information content (AvgIpc) is 2.77. The molecule has 0 radical (unpaired) electrons. The molecule has 0 spiro atoms. The van der Waals surface area contributed by atoms with E-state index in [4.69, 9.17) is 0 Å². The van der Waals surface area contributed by atoms with Gasteiger partial charge < -0.3 is 10.2 Å². The minimum Gasteiger partial charge on any atom is -0.340 e. The highest BCUT2D eigenvalue weighted by atomic mass is 32.1. The Hall–Kier alpha value is -1.43. The van der Waals surface area contributed by atoms with Crippen LogP contribution in [0.5, 0.6) is 0 Å². The van der Waals surface area contributed by atoms with Gasteiger partial charge >= 0.3 is 0 Å². The van der Waals surface area contributed by atoms with E-state index in [0.29, 0.717) is 6.54 Å². The molecule has 2 heterocycles. The van der Waals surface area contributed by atoms with E-state index in [1.54, 1.807) is 30.5 Å². The number of carbonyl (C=O) groups excluding carboxylic acids is 2. The molecule has 5 nitrogen and oxygen atoms in total. The molecule has 1 atom stereocenters. The Balaban J connectivity index is 2.32. The fourth-order valence-corrected chi connectivity index (χ4v) is 2.98. The van der Waals surface area contributed by atoms with E-state index < -0.39 is 11.6 Å². The van der Waals surface area contributed by atoms with E-state index in [0.717, 1.165) is 4.88 Å². The zero-order chi connectivity index (χ0) is 14.2. The second-order valence-electron chi connectivity index (χ2n) is 5.70. The van der Waals surface area contributed by atoms with Gasteiger partial charge in [-0.2, -0.15) is 0 Å². The zero-order valence-corrected chi connectivity index (χ0v) is 12.5. The zero-order valence-electron chi connectivity index (χ0n) is 11.6. The number of hydrogen-bond acceptors (Lipinski definition) is 4. The molecule has 1 aliphatic rings. The summed E-state index contributed by atoms with van der Waals surface area (Å²) in [7, 11) is 0. The van der Waals surface area contributed by atoms with Crippen molar-refractivity contribution < 1.29 is 9.59 Å². The SMILES string of the molecule is CC(C)C1C(=O)NC(C)(C)C(=O)N1Cc1cncs1. The summed E-state index contributed by atoms with van der Waals surface area (Å²) in [6.45, 7) is 7.83. The van der Waals surface area contributed by atoms with E-state index >= 15 is 0 Å². The predicted molar refractivity (Wildman–Crippen MR) is 73.5 cm³/mol. The maximum Gasteiger partial charge on any atom is 0.248 e. The van der Waals surface area contributed by atoms with E-state index in [1.165, 1.54) is 11.3 Å². The molecule has 1 aromatic heterocycles. The first-order chi connectivity index (χ1) is 8.83. The van der Waals surface area contributed by atoms with Crippen LogP contribution >= 0.6 is 11.3 Å². The molecule has 0 saturated carbocycles. The van der Waals surface area contributed by atoms with Gasteiger partial charge in [-0.3, -0.25) is 14.6 Å². The summed E-state index contributed by atoms with van der Waals surface area (Å²) in [5, 5.41) is 2.80. The molecule has 2 rings (SSSR count). The molecule has 1 aromatic rings. The van der Waals surface area contributed by atoms with Gasteiger partial charge in [0.1, 0.15) is 11.6 Å². The van der Waals surface area contributed by atoms with E-state index in [2.05, 4.69) is 10.3 Å². The first kappa shape index (κ1) is 14.0. The normalized spacial score (nSPS) is 22.8. The summed E-state index contributed by atoms with van der Waals surface area (Å²) in [6, 6.07) is -0.414. The van der Waals surface area contributed by atoms with Crippen LogP contribution in [0.2, 0.25) is 0 Å². The van der Waals surface area contributed by atoms with Crippen molar-refractivity contribution in [3.05, 3.63) is 16.6 Å². The number of amides is 2. The molecule has 19 heavy (non-hydrogen) atoms. The van der Waals surface area contributed by atoms with Crippen LogP contribution in [-0.2, 0) is 16.1 Å². The number of carbonyl (C=O) groups is 2. The molecule has 1 saturated heterocycles. The molecule has 1 N–H and O–H groups in total. The smallest absolute Gasteiger partial charge is 0.248 e. The van der Waals surface area contributed by atoms with Crippen molar-refractivity contribution in [1.29, 1.82) is 0 Å². The fraction of sp³-hybridized carbons (Fsp3) is 0.615. The van der Waals surface area contributed by atoms with Crippen molar-refractivity contribution >= 4 is 23.2 Å². The molecule has 6 heteroatoms. The fourth-order valence-electron chi connectivity index (χ4n) is 2.38. The predicted octanol–water partition coefficient (Wildman–Crippen LogP) is 1.40. The molecule has 0 bridgehead atoms. The third-order valence-electron chi connectivity index (χ3n) is 3.28. The lowest BCUT2D eigenvalue weighted by molar-refractivity contribution is -0.156. The Morgan fingerprint density at radius 1 is 1.47 bits per heavy atom. The van der Waals surface area contributed by atoms with Crippen molar-refractivity contribution in [2.24, 2.45) is 5.92 Å². The van der Waals surface area contributed by atoms with Gasteiger partial charge in [-0.15, -0.1) is 11.3 Å². The van der Waals surface area contributed by atoms with Gasteiger partial charge in [0, 0.05) is 11.1 Å². The van der Waals surface area contributed by atoms with Crippen molar-refractivity contribution in [2.75, 3.05) is 0 Å². The van der Waals surface area contributed by atoms with Crippen LogP contribution in [0.15, 0.2) is 11.7 Å². The summed E-state index contributed by atoms with van der Waals surface area (Å²) in [5.41, 5.74) is 0.895. The molecule has 104 valence electrons. The lowest BCUT2D eigenvalue weighted by atomic mass is 9.91. The number of piperazine rings is 1. The van der Waals surface area contributed by atoms with Crippen LogP contribution in [0.3, 0.4) is 0 Å². The van der Waals surface area contributed by atoms with Crippen molar-refractivity contribution in [3.63, 3.8) is 0 Å². The summed E-state index contributed by atoms with van der Waals surface area (Å²) >= 11 is 1.50. The van der Waals surface area contributed by atoms with Gasteiger partial charge in [-0.25, -0.2) is 0 Å². The highest BCUT2D eigenvalue weighted by molar-refractivity contribution is 7.09. The maximum atomic E-state index is 12.5. The number of rotatable bonds is 3. The van der Waals surface area contributed by atoms with Crippen LogP contribution in [0.4, 0.5) is 0 Å². The molecule has 0 aromatic carbocycles. The van der Waals surface area contributed by atoms with Gasteiger partial charge in [-0.05, 0) is 19.8 Å². The minimum atomic E-state index is -0.840. The van der Waals surface area contributed by atoms with Crippen LogP contribution < -0.4 is 5.32 Å². The molecular weight excluding hydrogens is 262 g/mol. The number of aromatic nitrogens is 1. The van der Waals surface area contributed by atoms with Gasteiger partial charge in [0.05, 0.1) is 12.1 Å². The summed E-state index contributed by atoms with van der Waals surface area (Å²) in [6.07, 6.45) is 1.74. The van der Waals surface area contributed by atoms with E-state index in [9.17, 15) is 9.59 Å². The highest BCUT2D eigenvalue weighted by Crippen LogP contribution is 2.25. The van der Waals surface area contributed by atoms with Gasteiger partial charge in [0.25, 0.3) is 0 Å². The van der Waals surface area contributed by atoms with Crippen molar-refractivity contribution in [2.45, 2.75) is 45.8 Å². The second kappa shape index (κ2) is 4.92. The topological polar surface area (TPSA) is 62.3 Å². The maximum absolute atomic E-state index is 12.5. The molecule has 2 amide bonds. The summed E-state index contributed by atoms with van der Waals surface area (Å²) < 4.78 is 0. The Labute approximate surface area is 117 Å². The minimum absolute atomic E-state index is 0.0424. The van der Waals surface area contributed by atoms with E-state index in [1.807, 2.05) is 13.8 Å². The lowest BCUT2D eigenvalue weighted by Crippen LogP contribution is -2.68. The Bertz CT molecular complexity index is 482. The largest absolute Gasteiger partial charge is 0.340 e. The summed E-state index contributed by atoms with van der Waals surface area (Å²) in [5.74, 6) is -0.0451. The van der Waals surface area contributed by atoms with Gasteiger partial charge in [0.15, 0.2) is 0 Å².